The lowest BCUT2D eigenvalue weighted by atomic mass is 10.4. The van der Waals surface area contributed by atoms with Crippen LogP contribution in [0.2, 0.25) is 0 Å². The van der Waals surface area contributed by atoms with Gasteiger partial charge in [0.2, 0.25) is 10.3 Å². The SMILES string of the molecule is CCN(CCC#N)c1nnc(N)s1. The minimum Gasteiger partial charge on any atom is -0.374 e. The van der Waals surface area contributed by atoms with Gasteiger partial charge in [-0.2, -0.15) is 5.26 Å². The Morgan fingerprint density at radius 1 is 1.62 bits per heavy atom. The van der Waals surface area contributed by atoms with Crippen molar-refractivity contribution in [2.24, 2.45) is 0 Å². The van der Waals surface area contributed by atoms with Crippen LogP contribution in [0.4, 0.5) is 10.3 Å². The molecule has 0 fully saturated rings. The number of nitrogens with zero attached hydrogens (tertiary/aromatic N) is 4. The maximum Gasteiger partial charge on any atom is 0.210 e. The first-order valence-electron chi connectivity index (χ1n) is 3.98. The minimum atomic E-state index is 0.463. The summed E-state index contributed by atoms with van der Waals surface area (Å²) < 4.78 is 0. The predicted octanol–water partition coefficient (Wildman–Crippen LogP) is 0.860. The first kappa shape index (κ1) is 9.74. The molecule has 0 aliphatic heterocycles. The minimum absolute atomic E-state index is 0.463. The van der Waals surface area contributed by atoms with E-state index in [2.05, 4.69) is 16.3 Å². The van der Waals surface area contributed by atoms with Crippen LogP contribution in [0.5, 0.6) is 0 Å². The van der Waals surface area contributed by atoms with Gasteiger partial charge in [0.15, 0.2) is 0 Å². The summed E-state index contributed by atoms with van der Waals surface area (Å²) in [6.45, 7) is 3.51. The predicted molar refractivity (Wildman–Crippen MR) is 52.4 cm³/mol. The Labute approximate surface area is 80.8 Å². The molecule has 0 unspecified atom stereocenters. The molecule has 0 saturated carbocycles. The summed E-state index contributed by atoms with van der Waals surface area (Å²) in [5.41, 5.74) is 5.45. The summed E-state index contributed by atoms with van der Waals surface area (Å²) in [7, 11) is 0. The fraction of sp³-hybridized carbons (Fsp3) is 0.571. The number of anilines is 2. The third-order valence-electron chi connectivity index (χ3n) is 1.58. The van der Waals surface area contributed by atoms with Gasteiger partial charge in [-0.3, -0.25) is 0 Å². The van der Waals surface area contributed by atoms with Gasteiger partial charge in [0.25, 0.3) is 0 Å². The van der Waals surface area contributed by atoms with E-state index >= 15 is 0 Å². The fourth-order valence-corrected chi connectivity index (χ4v) is 1.63. The van der Waals surface area contributed by atoms with E-state index in [1.165, 1.54) is 11.3 Å². The lowest BCUT2D eigenvalue weighted by Gasteiger charge is -2.16. The van der Waals surface area contributed by atoms with Crippen LogP contribution < -0.4 is 10.6 Å². The molecule has 70 valence electrons. The van der Waals surface area contributed by atoms with Gasteiger partial charge in [-0.15, -0.1) is 10.2 Å². The van der Waals surface area contributed by atoms with E-state index in [-0.39, 0.29) is 0 Å². The van der Waals surface area contributed by atoms with Gasteiger partial charge < -0.3 is 10.6 Å². The zero-order valence-corrected chi connectivity index (χ0v) is 8.21. The Kier molecular flexibility index (Phi) is 3.46. The highest BCUT2D eigenvalue weighted by atomic mass is 32.1. The third kappa shape index (κ3) is 2.56. The smallest absolute Gasteiger partial charge is 0.210 e. The number of hydrogen-bond acceptors (Lipinski definition) is 6. The third-order valence-corrected chi connectivity index (χ3v) is 2.39. The van der Waals surface area contributed by atoms with Gasteiger partial charge in [0.05, 0.1) is 12.5 Å². The van der Waals surface area contributed by atoms with Gasteiger partial charge in [-0.05, 0) is 6.92 Å². The van der Waals surface area contributed by atoms with Gasteiger partial charge in [-0.1, -0.05) is 11.3 Å². The second-order valence-corrected chi connectivity index (χ2v) is 3.40. The largest absolute Gasteiger partial charge is 0.374 e. The Bertz CT molecular complexity index is 302. The average molecular weight is 197 g/mol. The monoisotopic (exact) mass is 197 g/mol. The van der Waals surface area contributed by atoms with Crippen molar-refractivity contribution in [1.29, 1.82) is 5.26 Å². The van der Waals surface area contributed by atoms with Crippen LogP contribution in [-0.4, -0.2) is 23.3 Å². The van der Waals surface area contributed by atoms with Crippen LogP contribution in [-0.2, 0) is 0 Å². The summed E-state index contributed by atoms with van der Waals surface area (Å²) in [5.74, 6) is 0. The molecule has 1 heterocycles. The van der Waals surface area contributed by atoms with Crippen molar-refractivity contribution in [1.82, 2.24) is 10.2 Å². The number of nitrogens with two attached hydrogens (primary N) is 1. The number of rotatable bonds is 4. The molecule has 0 radical (unpaired) electrons. The normalized spacial score (nSPS) is 9.54. The molecule has 0 aromatic carbocycles. The number of nitrogen functional groups attached to an aromatic ring is 1. The summed E-state index contributed by atoms with van der Waals surface area (Å²) in [5, 5.41) is 17.3. The highest BCUT2D eigenvalue weighted by Gasteiger charge is 2.08. The van der Waals surface area contributed by atoms with E-state index in [4.69, 9.17) is 11.0 Å². The van der Waals surface area contributed by atoms with E-state index < -0.39 is 0 Å². The molecule has 0 amide bonds. The van der Waals surface area contributed by atoms with Gasteiger partial charge in [0, 0.05) is 13.1 Å². The van der Waals surface area contributed by atoms with Crippen molar-refractivity contribution in [2.75, 3.05) is 23.7 Å². The lowest BCUT2D eigenvalue weighted by molar-refractivity contribution is 0.812. The van der Waals surface area contributed by atoms with Crippen LogP contribution in [0.25, 0.3) is 0 Å². The van der Waals surface area contributed by atoms with Gasteiger partial charge in [-0.25, -0.2) is 0 Å². The lowest BCUT2D eigenvalue weighted by Crippen LogP contribution is -2.23. The highest BCUT2D eigenvalue weighted by Crippen LogP contribution is 2.21. The first-order valence-corrected chi connectivity index (χ1v) is 4.80. The quantitative estimate of drug-likeness (QED) is 0.774. The number of aromatic nitrogens is 2. The molecule has 0 aliphatic carbocycles. The molecule has 0 atom stereocenters. The van der Waals surface area contributed by atoms with Gasteiger partial charge in [0.1, 0.15) is 0 Å². The van der Waals surface area contributed by atoms with E-state index in [0.29, 0.717) is 18.1 Å². The van der Waals surface area contributed by atoms with Crippen molar-refractivity contribution in [3.8, 4) is 6.07 Å². The van der Waals surface area contributed by atoms with Crippen LogP contribution >= 0.6 is 11.3 Å². The highest BCUT2D eigenvalue weighted by molar-refractivity contribution is 7.18. The molecule has 1 aromatic rings. The van der Waals surface area contributed by atoms with Crippen molar-refractivity contribution < 1.29 is 0 Å². The summed E-state index contributed by atoms with van der Waals surface area (Å²) in [6.07, 6.45) is 0.493. The molecule has 1 rings (SSSR count). The maximum atomic E-state index is 8.43. The van der Waals surface area contributed by atoms with Crippen LogP contribution in [0, 0.1) is 11.3 Å². The Hall–Kier alpha value is -1.35. The standard InChI is InChI=1S/C7H11N5S/c1-2-12(5-3-4-8)7-11-10-6(9)13-7/h2-3,5H2,1H3,(H2,9,10). The van der Waals surface area contributed by atoms with Crippen LogP contribution in [0.3, 0.4) is 0 Å². The van der Waals surface area contributed by atoms with Crippen molar-refractivity contribution >= 4 is 21.6 Å². The second-order valence-electron chi connectivity index (χ2n) is 2.41. The molecule has 0 spiro atoms. The Morgan fingerprint density at radius 3 is 2.85 bits per heavy atom. The number of hydrogen-bond donors (Lipinski definition) is 1. The van der Waals surface area contributed by atoms with Crippen molar-refractivity contribution in [3.63, 3.8) is 0 Å². The molecule has 0 aliphatic rings. The number of nitriles is 1. The topological polar surface area (TPSA) is 78.8 Å². The van der Waals surface area contributed by atoms with E-state index in [1.807, 2.05) is 11.8 Å². The molecule has 1 aromatic heterocycles. The molecule has 0 saturated heterocycles. The molecular weight excluding hydrogens is 186 g/mol. The van der Waals surface area contributed by atoms with E-state index in [0.717, 1.165) is 11.7 Å². The molecule has 13 heavy (non-hydrogen) atoms. The van der Waals surface area contributed by atoms with Crippen LogP contribution in [0.1, 0.15) is 13.3 Å². The summed E-state index contributed by atoms with van der Waals surface area (Å²) >= 11 is 1.34. The average Bonchev–Trinajstić information content (AvgIpc) is 2.54. The summed E-state index contributed by atoms with van der Waals surface area (Å²) in [4.78, 5) is 1.98. The second kappa shape index (κ2) is 4.62. The Morgan fingerprint density at radius 2 is 2.38 bits per heavy atom. The zero-order valence-electron chi connectivity index (χ0n) is 7.40. The molecular formula is C7H11N5S. The Balaban J connectivity index is 2.62. The first-order chi connectivity index (χ1) is 6.27. The summed E-state index contributed by atoms with van der Waals surface area (Å²) in [6, 6.07) is 2.09. The fourth-order valence-electron chi connectivity index (χ4n) is 0.928. The van der Waals surface area contributed by atoms with Gasteiger partial charge >= 0.3 is 0 Å². The molecule has 5 nitrogen and oxygen atoms in total. The molecule has 2 N–H and O–H groups in total. The van der Waals surface area contributed by atoms with Crippen LogP contribution in [0.15, 0.2) is 0 Å². The molecule has 0 bridgehead atoms. The van der Waals surface area contributed by atoms with Crippen molar-refractivity contribution in [3.05, 3.63) is 0 Å². The van der Waals surface area contributed by atoms with E-state index in [1.54, 1.807) is 0 Å². The molecule has 6 heteroatoms. The zero-order chi connectivity index (χ0) is 9.68. The maximum absolute atomic E-state index is 8.43. The van der Waals surface area contributed by atoms with Crippen molar-refractivity contribution in [2.45, 2.75) is 13.3 Å². The van der Waals surface area contributed by atoms with E-state index in [9.17, 15) is 0 Å².